The number of rotatable bonds is 5. The van der Waals surface area contributed by atoms with Gasteiger partial charge in [0.05, 0.1) is 9.79 Å². The fraction of sp³-hybridized carbons (Fsp3) is 0.538. The predicted molar refractivity (Wildman–Crippen MR) is 90.3 cm³/mol. The Labute approximate surface area is 143 Å². The monoisotopic (exact) mass is 383 g/mol. The van der Waals surface area contributed by atoms with Gasteiger partial charge in [0.1, 0.15) is 0 Å². The highest BCUT2D eigenvalue weighted by Crippen LogP contribution is 2.25. The van der Waals surface area contributed by atoms with Crippen molar-refractivity contribution in [3.05, 3.63) is 24.3 Å². The van der Waals surface area contributed by atoms with Crippen molar-refractivity contribution in [1.29, 1.82) is 0 Å². The molecule has 23 heavy (non-hydrogen) atoms. The maximum Gasteiger partial charge on any atom is 0.240 e. The normalized spacial score (nSPS) is 18.2. The van der Waals surface area contributed by atoms with Gasteiger partial charge in [0, 0.05) is 12.1 Å². The van der Waals surface area contributed by atoms with Crippen LogP contribution in [0.2, 0.25) is 0 Å². The van der Waals surface area contributed by atoms with E-state index < -0.39 is 25.6 Å². The average molecular weight is 384 g/mol. The third-order valence-electron chi connectivity index (χ3n) is 3.91. The standard InChI is InChI=1S/C13H21N3O4S2.ClH/c14-13(7-2-1-3-8-13)10-16-22(19,20)12-6-4-5-11(9-12)21(15,17)18;/h4-6,9,16H,1-3,7-8,10,14H2,(H2,15,17,18);1H. The molecule has 1 aliphatic carbocycles. The Kier molecular flexibility index (Phi) is 6.59. The quantitative estimate of drug-likeness (QED) is 0.688. The lowest BCUT2D eigenvalue weighted by Crippen LogP contribution is -2.51. The topological polar surface area (TPSA) is 132 Å². The molecule has 1 aromatic carbocycles. The van der Waals surface area contributed by atoms with E-state index in [1.54, 1.807) is 0 Å². The molecule has 0 aliphatic heterocycles. The van der Waals surface area contributed by atoms with E-state index in [0.29, 0.717) is 0 Å². The molecule has 0 atom stereocenters. The summed E-state index contributed by atoms with van der Waals surface area (Å²) in [6, 6.07) is 4.95. The molecule has 0 heterocycles. The number of halogens is 1. The molecule has 0 spiro atoms. The lowest BCUT2D eigenvalue weighted by atomic mass is 9.83. The summed E-state index contributed by atoms with van der Waals surface area (Å²) in [7, 11) is -7.78. The number of sulfonamides is 2. The van der Waals surface area contributed by atoms with Gasteiger partial charge in [-0.1, -0.05) is 25.3 Å². The fourth-order valence-corrected chi connectivity index (χ4v) is 4.39. The lowest BCUT2D eigenvalue weighted by Gasteiger charge is -2.33. The second kappa shape index (κ2) is 7.45. The van der Waals surface area contributed by atoms with Crippen molar-refractivity contribution in [2.45, 2.75) is 47.4 Å². The predicted octanol–water partition coefficient (Wildman–Crippen LogP) is 0.696. The van der Waals surface area contributed by atoms with E-state index >= 15 is 0 Å². The Bertz CT molecular complexity index is 744. The van der Waals surface area contributed by atoms with Crippen molar-refractivity contribution in [1.82, 2.24) is 4.72 Å². The van der Waals surface area contributed by atoms with Crippen molar-refractivity contribution in [3.8, 4) is 0 Å². The van der Waals surface area contributed by atoms with Crippen molar-refractivity contribution < 1.29 is 16.8 Å². The number of benzene rings is 1. The molecule has 1 fully saturated rings. The minimum absolute atomic E-state index is 0. The Morgan fingerprint density at radius 2 is 1.61 bits per heavy atom. The first-order chi connectivity index (χ1) is 10.1. The Morgan fingerprint density at radius 1 is 1.04 bits per heavy atom. The molecule has 0 radical (unpaired) electrons. The summed E-state index contributed by atoms with van der Waals surface area (Å²) in [5, 5.41) is 5.02. The van der Waals surface area contributed by atoms with Crippen LogP contribution in [-0.4, -0.2) is 28.9 Å². The van der Waals surface area contributed by atoms with E-state index in [4.69, 9.17) is 10.9 Å². The second-order valence-corrected chi connectivity index (χ2v) is 9.10. The Hall–Kier alpha value is -0.710. The third-order valence-corrected chi connectivity index (χ3v) is 6.22. The van der Waals surface area contributed by atoms with Crippen LogP contribution < -0.4 is 15.6 Å². The van der Waals surface area contributed by atoms with Crippen LogP contribution in [0.5, 0.6) is 0 Å². The highest BCUT2D eigenvalue weighted by Gasteiger charge is 2.29. The van der Waals surface area contributed by atoms with Gasteiger partial charge in [-0.05, 0) is 31.0 Å². The molecule has 2 rings (SSSR count). The molecular formula is C13H22ClN3O4S2. The van der Waals surface area contributed by atoms with Gasteiger partial charge in [-0.25, -0.2) is 26.7 Å². The summed E-state index contributed by atoms with van der Waals surface area (Å²) in [6.45, 7) is 0.134. The molecule has 0 unspecified atom stereocenters. The van der Waals surface area contributed by atoms with Gasteiger partial charge in [0.25, 0.3) is 0 Å². The molecule has 0 amide bonds. The van der Waals surface area contributed by atoms with E-state index in [1.165, 1.54) is 18.2 Å². The van der Waals surface area contributed by atoms with Crippen LogP contribution in [0, 0.1) is 0 Å². The first kappa shape index (κ1) is 20.3. The molecule has 0 bridgehead atoms. The lowest BCUT2D eigenvalue weighted by molar-refractivity contribution is 0.296. The van der Waals surface area contributed by atoms with Gasteiger partial charge in [0.2, 0.25) is 20.0 Å². The van der Waals surface area contributed by atoms with Crippen molar-refractivity contribution in [3.63, 3.8) is 0 Å². The summed E-state index contributed by atoms with van der Waals surface area (Å²) >= 11 is 0. The van der Waals surface area contributed by atoms with E-state index in [-0.39, 0.29) is 28.7 Å². The molecule has 1 saturated carbocycles. The van der Waals surface area contributed by atoms with Crippen molar-refractivity contribution in [2.75, 3.05) is 6.54 Å². The van der Waals surface area contributed by atoms with Crippen LogP contribution >= 0.6 is 12.4 Å². The van der Waals surface area contributed by atoms with Gasteiger partial charge in [0.15, 0.2) is 0 Å². The van der Waals surface area contributed by atoms with Gasteiger partial charge in [-0.2, -0.15) is 0 Å². The molecule has 132 valence electrons. The molecule has 1 aromatic rings. The molecule has 0 saturated heterocycles. The third kappa shape index (κ3) is 5.40. The largest absolute Gasteiger partial charge is 0.324 e. The zero-order chi connectivity index (χ0) is 16.4. The maximum absolute atomic E-state index is 12.3. The second-order valence-electron chi connectivity index (χ2n) is 5.77. The van der Waals surface area contributed by atoms with Gasteiger partial charge >= 0.3 is 0 Å². The van der Waals surface area contributed by atoms with Crippen LogP contribution in [0.25, 0.3) is 0 Å². The number of nitrogens with one attached hydrogen (secondary N) is 1. The van der Waals surface area contributed by atoms with E-state index in [9.17, 15) is 16.8 Å². The molecular weight excluding hydrogens is 362 g/mol. The number of hydrogen-bond acceptors (Lipinski definition) is 5. The molecule has 5 N–H and O–H groups in total. The Balaban J connectivity index is 0.00000264. The molecule has 7 nitrogen and oxygen atoms in total. The van der Waals surface area contributed by atoms with Crippen LogP contribution in [0.15, 0.2) is 34.1 Å². The maximum atomic E-state index is 12.3. The minimum Gasteiger partial charge on any atom is -0.324 e. The first-order valence-corrected chi connectivity index (χ1v) is 10.1. The van der Waals surface area contributed by atoms with Crippen molar-refractivity contribution >= 4 is 32.5 Å². The fourth-order valence-electron chi connectivity index (χ4n) is 2.57. The van der Waals surface area contributed by atoms with E-state index in [1.807, 2.05) is 0 Å². The number of nitrogens with two attached hydrogens (primary N) is 2. The molecule has 1 aliphatic rings. The molecule has 10 heteroatoms. The SMILES string of the molecule is Cl.NC1(CNS(=O)(=O)c2cccc(S(N)(=O)=O)c2)CCCCC1. The number of hydrogen-bond donors (Lipinski definition) is 3. The van der Waals surface area contributed by atoms with Crippen LogP contribution in [0.4, 0.5) is 0 Å². The zero-order valence-electron chi connectivity index (χ0n) is 12.6. The van der Waals surface area contributed by atoms with Gasteiger partial charge in [-0.15, -0.1) is 12.4 Å². The van der Waals surface area contributed by atoms with Gasteiger partial charge in [-0.3, -0.25) is 0 Å². The minimum atomic E-state index is -3.95. The highest BCUT2D eigenvalue weighted by atomic mass is 35.5. The molecule has 0 aromatic heterocycles. The smallest absolute Gasteiger partial charge is 0.240 e. The average Bonchev–Trinajstić information content (AvgIpc) is 2.46. The van der Waals surface area contributed by atoms with E-state index in [0.717, 1.165) is 38.2 Å². The Morgan fingerprint density at radius 3 is 2.17 bits per heavy atom. The summed E-state index contributed by atoms with van der Waals surface area (Å²) < 4.78 is 49.7. The summed E-state index contributed by atoms with van der Waals surface area (Å²) in [5.74, 6) is 0. The highest BCUT2D eigenvalue weighted by molar-refractivity contribution is 7.90. The zero-order valence-corrected chi connectivity index (χ0v) is 15.0. The van der Waals surface area contributed by atoms with E-state index in [2.05, 4.69) is 4.72 Å². The van der Waals surface area contributed by atoms with Crippen LogP contribution in [-0.2, 0) is 20.0 Å². The van der Waals surface area contributed by atoms with Crippen LogP contribution in [0.1, 0.15) is 32.1 Å². The first-order valence-electron chi connectivity index (χ1n) is 7.04. The van der Waals surface area contributed by atoms with Gasteiger partial charge < -0.3 is 5.73 Å². The van der Waals surface area contributed by atoms with Crippen LogP contribution in [0.3, 0.4) is 0 Å². The van der Waals surface area contributed by atoms with Crippen molar-refractivity contribution in [2.24, 2.45) is 10.9 Å². The summed E-state index contributed by atoms with van der Waals surface area (Å²) in [4.78, 5) is -0.381. The summed E-state index contributed by atoms with van der Waals surface area (Å²) in [6.07, 6.45) is 4.62. The summed E-state index contributed by atoms with van der Waals surface area (Å²) in [5.41, 5.74) is 5.66. The number of primary sulfonamides is 1.